The van der Waals surface area contributed by atoms with Crippen molar-refractivity contribution in [2.75, 3.05) is 6.61 Å². The Bertz CT molecular complexity index is 638. The first-order valence-electron chi connectivity index (χ1n) is 7.79. The molecule has 1 aromatic carbocycles. The lowest BCUT2D eigenvalue weighted by Crippen LogP contribution is -2.09. The fraction of sp³-hybridized carbons (Fsp3) is 0.316. The summed E-state index contributed by atoms with van der Waals surface area (Å²) in [6, 6.07) is 7.48. The molecule has 1 aliphatic rings. The van der Waals surface area contributed by atoms with Crippen LogP contribution in [0.1, 0.15) is 24.8 Å². The highest BCUT2D eigenvalue weighted by atomic mass is 19.4. The van der Waals surface area contributed by atoms with Gasteiger partial charge < -0.3 is 9.53 Å². The molecule has 0 saturated carbocycles. The summed E-state index contributed by atoms with van der Waals surface area (Å²) in [5.41, 5.74) is 1.28. The third-order valence-corrected chi connectivity index (χ3v) is 3.66. The zero-order valence-corrected chi connectivity index (χ0v) is 13.2. The van der Waals surface area contributed by atoms with Crippen molar-refractivity contribution in [3.05, 3.63) is 65.3 Å². The number of carbonyl (C=O) groups is 1. The van der Waals surface area contributed by atoms with Gasteiger partial charge >= 0.3 is 6.18 Å². The normalized spacial score (nSPS) is 14.6. The molecule has 0 N–H and O–H groups in total. The number of allylic oxidation sites excluding steroid dienone is 5. The van der Waals surface area contributed by atoms with E-state index in [0.717, 1.165) is 23.5 Å². The first-order chi connectivity index (χ1) is 11.5. The van der Waals surface area contributed by atoms with Gasteiger partial charge in [-0.2, -0.15) is 13.2 Å². The molecule has 0 unspecified atom stereocenters. The maximum atomic E-state index is 12.6. The number of aryl methyl sites for hydroxylation is 1. The molecule has 0 fully saturated rings. The van der Waals surface area contributed by atoms with Gasteiger partial charge in [0.2, 0.25) is 0 Å². The summed E-state index contributed by atoms with van der Waals surface area (Å²) in [6.45, 7) is 0.394. The smallest absolute Gasteiger partial charge is 0.416 e. The fourth-order valence-electron chi connectivity index (χ4n) is 2.33. The van der Waals surface area contributed by atoms with Crippen LogP contribution in [0, 0.1) is 0 Å². The summed E-state index contributed by atoms with van der Waals surface area (Å²) in [4.78, 5) is 10.3. The molecule has 0 heterocycles. The number of hydrogen-bond acceptors (Lipinski definition) is 2. The third kappa shape index (κ3) is 5.72. The van der Waals surface area contributed by atoms with Crippen molar-refractivity contribution in [1.29, 1.82) is 0 Å². The molecule has 1 aliphatic carbocycles. The summed E-state index contributed by atoms with van der Waals surface area (Å²) >= 11 is 0. The molecule has 2 rings (SSSR count). The second-order valence-corrected chi connectivity index (χ2v) is 5.45. The van der Waals surface area contributed by atoms with Crippen molar-refractivity contribution in [2.24, 2.45) is 0 Å². The standard InChI is InChI=1S/C19H19F3O2/c20-19(21,22)17-5-1-3-16(6-9-17)12-14-24-18-10-7-15(8-11-18)4-2-13-23/h3,5-11,13H,1-2,4,12,14H2. The highest BCUT2D eigenvalue weighted by Crippen LogP contribution is 2.29. The third-order valence-electron chi connectivity index (χ3n) is 3.66. The van der Waals surface area contributed by atoms with Crippen molar-refractivity contribution in [1.82, 2.24) is 0 Å². The second-order valence-electron chi connectivity index (χ2n) is 5.45. The molecule has 1 aromatic rings. The molecular weight excluding hydrogens is 317 g/mol. The first-order valence-corrected chi connectivity index (χ1v) is 7.79. The van der Waals surface area contributed by atoms with Crippen LogP contribution < -0.4 is 4.74 Å². The monoisotopic (exact) mass is 336 g/mol. The van der Waals surface area contributed by atoms with E-state index in [0.29, 0.717) is 31.6 Å². The minimum absolute atomic E-state index is 0.266. The van der Waals surface area contributed by atoms with Crippen LogP contribution in [0.5, 0.6) is 5.75 Å². The number of aldehydes is 1. The quantitative estimate of drug-likeness (QED) is 0.658. The molecule has 24 heavy (non-hydrogen) atoms. The van der Waals surface area contributed by atoms with E-state index in [1.165, 1.54) is 12.2 Å². The van der Waals surface area contributed by atoms with Gasteiger partial charge in [-0.1, -0.05) is 36.4 Å². The number of carbonyl (C=O) groups excluding carboxylic acids is 1. The molecule has 0 aliphatic heterocycles. The summed E-state index contributed by atoms with van der Waals surface area (Å²) in [5, 5.41) is 0. The van der Waals surface area contributed by atoms with Crippen LogP contribution in [0.25, 0.3) is 0 Å². The summed E-state index contributed by atoms with van der Waals surface area (Å²) in [6.07, 6.45) is 4.16. The average molecular weight is 336 g/mol. The SMILES string of the molecule is O=CCCc1ccc(OCCC2=CCC=C(C(F)(F)F)C=C2)cc1. The van der Waals surface area contributed by atoms with Crippen LogP contribution in [-0.2, 0) is 11.2 Å². The number of alkyl halides is 3. The Balaban J connectivity index is 1.80. The van der Waals surface area contributed by atoms with Crippen LogP contribution in [0.4, 0.5) is 13.2 Å². The maximum absolute atomic E-state index is 12.6. The minimum Gasteiger partial charge on any atom is -0.493 e. The van der Waals surface area contributed by atoms with Crippen LogP contribution >= 0.6 is 0 Å². The van der Waals surface area contributed by atoms with Crippen LogP contribution in [0.15, 0.2) is 59.7 Å². The van der Waals surface area contributed by atoms with E-state index in [4.69, 9.17) is 4.74 Å². The molecule has 128 valence electrons. The molecule has 0 saturated heterocycles. The minimum atomic E-state index is -4.30. The Hall–Kier alpha value is -2.30. The Morgan fingerprint density at radius 2 is 1.79 bits per heavy atom. The highest BCUT2D eigenvalue weighted by molar-refractivity contribution is 5.50. The summed E-state index contributed by atoms with van der Waals surface area (Å²) in [7, 11) is 0. The van der Waals surface area contributed by atoms with Crippen molar-refractivity contribution in [3.63, 3.8) is 0 Å². The van der Waals surface area contributed by atoms with Gasteiger partial charge in [0.15, 0.2) is 0 Å². The first kappa shape index (κ1) is 18.0. The number of hydrogen-bond donors (Lipinski definition) is 0. The molecule has 0 bridgehead atoms. The molecule has 2 nitrogen and oxygen atoms in total. The lowest BCUT2D eigenvalue weighted by Gasteiger charge is -2.08. The number of ether oxygens (including phenoxy) is 1. The van der Waals surface area contributed by atoms with E-state index in [9.17, 15) is 18.0 Å². The van der Waals surface area contributed by atoms with Crippen molar-refractivity contribution in [2.45, 2.75) is 31.9 Å². The molecular formula is C19H19F3O2. The van der Waals surface area contributed by atoms with E-state index >= 15 is 0 Å². The Morgan fingerprint density at radius 3 is 2.46 bits per heavy atom. The van der Waals surface area contributed by atoms with Gasteiger partial charge in [0.05, 0.1) is 12.2 Å². The summed E-state index contributed by atoms with van der Waals surface area (Å²) in [5.74, 6) is 0.706. The zero-order valence-electron chi connectivity index (χ0n) is 13.2. The van der Waals surface area contributed by atoms with Crippen LogP contribution in [0.2, 0.25) is 0 Å². The van der Waals surface area contributed by atoms with Crippen LogP contribution in [0.3, 0.4) is 0 Å². The molecule has 0 amide bonds. The second kappa shape index (κ2) is 8.52. The number of benzene rings is 1. The lowest BCUT2D eigenvalue weighted by atomic mass is 10.1. The van der Waals surface area contributed by atoms with Gasteiger partial charge in [0.1, 0.15) is 12.0 Å². The van der Waals surface area contributed by atoms with E-state index in [1.807, 2.05) is 24.3 Å². The Labute approximate surface area is 139 Å². The maximum Gasteiger partial charge on any atom is 0.416 e. The Morgan fingerprint density at radius 1 is 1.04 bits per heavy atom. The predicted octanol–water partition coefficient (Wildman–Crippen LogP) is 4.96. The zero-order chi connectivity index (χ0) is 17.4. The van der Waals surface area contributed by atoms with Gasteiger partial charge in [-0.05, 0) is 36.1 Å². The van der Waals surface area contributed by atoms with Gasteiger partial charge in [-0.15, -0.1) is 0 Å². The van der Waals surface area contributed by atoms with Gasteiger partial charge in [-0.25, -0.2) is 0 Å². The van der Waals surface area contributed by atoms with E-state index in [-0.39, 0.29) is 6.42 Å². The molecule has 0 spiro atoms. The average Bonchev–Trinajstić information content (AvgIpc) is 2.80. The van der Waals surface area contributed by atoms with Crippen molar-refractivity contribution < 1.29 is 22.7 Å². The molecule has 0 atom stereocenters. The van der Waals surface area contributed by atoms with E-state index < -0.39 is 11.7 Å². The predicted molar refractivity (Wildman–Crippen MR) is 86.9 cm³/mol. The molecule has 5 heteroatoms. The van der Waals surface area contributed by atoms with Crippen LogP contribution in [-0.4, -0.2) is 19.1 Å². The van der Waals surface area contributed by atoms with E-state index in [2.05, 4.69) is 0 Å². The van der Waals surface area contributed by atoms with E-state index in [1.54, 1.807) is 6.08 Å². The highest BCUT2D eigenvalue weighted by Gasteiger charge is 2.31. The number of halogens is 3. The topological polar surface area (TPSA) is 26.3 Å². The number of rotatable bonds is 7. The summed E-state index contributed by atoms with van der Waals surface area (Å²) < 4.78 is 43.6. The van der Waals surface area contributed by atoms with Gasteiger partial charge in [0.25, 0.3) is 0 Å². The molecule has 0 radical (unpaired) electrons. The largest absolute Gasteiger partial charge is 0.493 e. The van der Waals surface area contributed by atoms with Crippen molar-refractivity contribution >= 4 is 6.29 Å². The van der Waals surface area contributed by atoms with Gasteiger partial charge in [-0.3, -0.25) is 0 Å². The Kier molecular flexibility index (Phi) is 6.41. The fourth-order valence-corrected chi connectivity index (χ4v) is 2.33. The van der Waals surface area contributed by atoms with Gasteiger partial charge in [0, 0.05) is 12.8 Å². The molecule has 0 aromatic heterocycles. The van der Waals surface area contributed by atoms with Crippen molar-refractivity contribution in [3.8, 4) is 5.75 Å². The lowest BCUT2D eigenvalue weighted by molar-refractivity contribution is -0.107.